The maximum absolute atomic E-state index is 12.5. The van der Waals surface area contributed by atoms with Gasteiger partial charge < -0.3 is 19.6 Å². The molecule has 6 heteroatoms. The van der Waals surface area contributed by atoms with Crippen LogP contribution in [0.25, 0.3) is 0 Å². The zero-order valence-electron chi connectivity index (χ0n) is 12.0. The van der Waals surface area contributed by atoms with Crippen LogP contribution in [0.1, 0.15) is 33.1 Å². The van der Waals surface area contributed by atoms with Gasteiger partial charge in [0, 0.05) is 19.6 Å². The van der Waals surface area contributed by atoms with Crippen LogP contribution < -0.4 is 0 Å². The molecule has 1 fully saturated rings. The van der Waals surface area contributed by atoms with Crippen molar-refractivity contribution in [1.29, 1.82) is 0 Å². The zero-order valence-corrected chi connectivity index (χ0v) is 12.0. The topological polar surface area (TPSA) is 70.1 Å². The number of morpholine rings is 1. The number of rotatable bonds is 5. The van der Waals surface area contributed by atoms with Gasteiger partial charge in [-0.1, -0.05) is 13.8 Å². The number of ether oxygens (including phenoxy) is 1. The Morgan fingerprint density at radius 2 is 2.05 bits per heavy atom. The highest BCUT2D eigenvalue weighted by atomic mass is 16.5. The molecule has 0 radical (unpaired) electrons. The van der Waals surface area contributed by atoms with Gasteiger partial charge in [0.15, 0.2) is 0 Å². The molecule has 0 aromatic carbocycles. The van der Waals surface area contributed by atoms with Gasteiger partial charge in [-0.15, -0.1) is 0 Å². The van der Waals surface area contributed by atoms with Crippen molar-refractivity contribution in [2.45, 2.75) is 45.2 Å². The number of carboxylic acid groups (broad SMARTS) is 1. The first-order chi connectivity index (χ1) is 9.01. The molecule has 1 heterocycles. The monoisotopic (exact) mass is 272 g/mol. The summed E-state index contributed by atoms with van der Waals surface area (Å²) >= 11 is 0. The Hall–Kier alpha value is -1.30. The van der Waals surface area contributed by atoms with Crippen molar-refractivity contribution in [3.8, 4) is 0 Å². The summed E-state index contributed by atoms with van der Waals surface area (Å²) < 4.78 is 5.28. The van der Waals surface area contributed by atoms with Crippen LogP contribution in [0.2, 0.25) is 0 Å². The van der Waals surface area contributed by atoms with Gasteiger partial charge in [-0.05, 0) is 12.8 Å². The minimum absolute atomic E-state index is 0.0670. The highest BCUT2D eigenvalue weighted by Gasteiger charge is 2.32. The number of hydrogen-bond acceptors (Lipinski definition) is 3. The van der Waals surface area contributed by atoms with Crippen LogP contribution in [0, 0.1) is 0 Å². The van der Waals surface area contributed by atoms with Gasteiger partial charge in [-0.2, -0.15) is 0 Å². The second kappa shape index (κ2) is 7.33. The van der Waals surface area contributed by atoms with E-state index in [9.17, 15) is 9.59 Å². The Morgan fingerprint density at radius 1 is 1.42 bits per heavy atom. The molecule has 0 aromatic heterocycles. The molecule has 1 rings (SSSR count). The van der Waals surface area contributed by atoms with E-state index in [1.807, 2.05) is 13.8 Å². The summed E-state index contributed by atoms with van der Waals surface area (Å²) in [6.45, 7) is 5.33. The number of urea groups is 1. The van der Waals surface area contributed by atoms with E-state index < -0.39 is 5.97 Å². The first-order valence-electron chi connectivity index (χ1n) is 6.84. The largest absolute Gasteiger partial charge is 0.481 e. The van der Waals surface area contributed by atoms with Crippen molar-refractivity contribution in [2.24, 2.45) is 0 Å². The third-order valence-electron chi connectivity index (χ3n) is 3.68. The van der Waals surface area contributed by atoms with E-state index in [1.54, 1.807) is 16.8 Å². The summed E-state index contributed by atoms with van der Waals surface area (Å²) in [5.74, 6) is -0.904. The summed E-state index contributed by atoms with van der Waals surface area (Å²) in [6, 6.07) is -0.264. The first-order valence-corrected chi connectivity index (χ1v) is 6.84. The second-order valence-corrected chi connectivity index (χ2v) is 4.88. The third-order valence-corrected chi connectivity index (χ3v) is 3.68. The number of carbonyl (C=O) groups is 2. The predicted molar refractivity (Wildman–Crippen MR) is 71.1 cm³/mol. The third kappa shape index (κ3) is 4.09. The number of nitrogens with zero attached hydrogens (tertiary/aromatic N) is 2. The molecule has 0 saturated carbocycles. The number of amides is 2. The van der Waals surface area contributed by atoms with E-state index in [0.29, 0.717) is 19.8 Å². The van der Waals surface area contributed by atoms with Crippen LogP contribution in [0.5, 0.6) is 0 Å². The highest BCUT2D eigenvalue weighted by Crippen LogP contribution is 2.16. The van der Waals surface area contributed by atoms with Crippen molar-refractivity contribution in [3.63, 3.8) is 0 Å². The summed E-state index contributed by atoms with van der Waals surface area (Å²) in [5, 5.41) is 8.90. The summed E-state index contributed by atoms with van der Waals surface area (Å²) in [5.41, 5.74) is 0. The van der Waals surface area contributed by atoms with Crippen molar-refractivity contribution >= 4 is 12.0 Å². The molecule has 1 N–H and O–H groups in total. The van der Waals surface area contributed by atoms with Gasteiger partial charge in [-0.3, -0.25) is 4.79 Å². The molecule has 2 amide bonds. The van der Waals surface area contributed by atoms with Crippen LogP contribution in [-0.2, 0) is 9.53 Å². The van der Waals surface area contributed by atoms with Gasteiger partial charge in [0.05, 0.1) is 25.7 Å². The quantitative estimate of drug-likeness (QED) is 0.821. The van der Waals surface area contributed by atoms with E-state index >= 15 is 0 Å². The first kappa shape index (κ1) is 15.8. The molecular formula is C13H24N2O4. The Balaban J connectivity index is 2.73. The molecule has 1 aliphatic heterocycles. The van der Waals surface area contributed by atoms with Gasteiger partial charge >= 0.3 is 12.0 Å². The fourth-order valence-electron chi connectivity index (χ4n) is 2.47. The Labute approximate surface area is 114 Å². The molecule has 1 unspecified atom stereocenters. The number of carboxylic acids is 1. The van der Waals surface area contributed by atoms with E-state index in [0.717, 1.165) is 12.8 Å². The fourth-order valence-corrected chi connectivity index (χ4v) is 2.47. The van der Waals surface area contributed by atoms with Crippen LogP contribution in [0.3, 0.4) is 0 Å². The number of aliphatic carboxylic acids is 1. The molecule has 1 atom stereocenters. The predicted octanol–water partition coefficient (Wildman–Crippen LogP) is 1.40. The lowest BCUT2D eigenvalue weighted by Gasteiger charge is -2.39. The van der Waals surface area contributed by atoms with Gasteiger partial charge in [0.25, 0.3) is 0 Å². The van der Waals surface area contributed by atoms with Gasteiger partial charge in [0.1, 0.15) is 0 Å². The maximum atomic E-state index is 12.5. The molecule has 0 spiro atoms. The fraction of sp³-hybridized carbons (Fsp3) is 0.846. The molecule has 0 bridgehead atoms. The summed E-state index contributed by atoms with van der Waals surface area (Å²) in [6.07, 6.45) is 1.72. The standard InChI is InChI=1S/C13H24N2O4/c1-4-10(5-2)14(3)13(18)15-6-7-19-9-11(15)8-12(16)17/h10-11H,4-9H2,1-3H3,(H,16,17). The minimum atomic E-state index is -0.904. The number of hydrogen-bond donors (Lipinski definition) is 1. The molecule has 1 aliphatic rings. The molecule has 110 valence electrons. The van der Waals surface area contributed by atoms with E-state index in [-0.39, 0.29) is 24.5 Å². The van der Waals surface area contributed by atoms with Crippen LogP contribution in [-0.4, -0.2) is 65.8 Å². The highest BCUT2D eigenvalue weighted by molar-refractivity contribution is 5.76. The lowest BCUT2D eigenvalue weighted by Crippen LogP contribution is -2.55. The van der Waals surface area contributed by atoms with Crippen molar-refractivity contribution < 1.29 is 19.4 Å². The number of carbonyl (C=O) groups excluding carboxylic acids is 1. The minimum Gasteiger partial charge on any atom is -0.481 e. The zero-order chi connectivity index (χ0) is 14.4. The molecule has 19 heavy (non-hydrogen) atoms. The molecule has 0 aromatic rings. The van der Waals surface area contributed by atoms with E-state index in [2.05, 4.69) is 0 Å². The smallest absolute Gasteiger partial charge is 0.320 e. The second-order valence-electron chi connectivity index (χ2n) is 4.88. The molecule has 6 nitrogen and oxygen atoms in total. The van der Waals surface area contributed by atoms with E-state index in [1.165, 1.54) is 0 Å². The van der Waals surface area contributed by atoms with Crippen molar-refractivity contribution in [1.82, 2.24) is 9.80 Å². The van der Waals surface area contributed by atoms with Crippen molar-refractivity contribution in [3.05, 3.63) is 0 Å². The SMILES string of the molecule is CCC(CC)N(C)C(=O)N1CCOCC1CC(=O)O. The van der Waals surface area contributed by atoms with Crippen LogP contribution in [0.4, 0.5) is 4.79 Å². The summed E-state index contributed by atoms with van der Waals surface area (Å²) in [7, 11) is 1.79. The lowest BCUT2D eigenvalue weighted by molar-refractivity contribution is -0.139. The average Bonchev–Trinajstić information content (AvgIpc) is 2.39. The lowest BCUT2D eigenvalue weighted by atomic mass is 10.1. The van der Waals surface area contributed by atoms with Gasteiger partial charge in [-0.25, -0.2) is 4.79 Å². The Bertz CT molecular complexity index is 318. The Morgan fingerprint density at radius 3 is 2.58 bits per heavy atom. The molecular weight excluding hydrogens is 248 g/mol. The normalized spacial score (nSPS) is 19.6. The van der Waals surface area contributed by atoms with E-state index in [4.69, 9.17) is 9.84 Å². The van der Waals surface area contributed by atoms with Crippen molar-refractivity contribution in [2.75, 3.05) is 26.8 Å². The molecule has 0 aliphatic carbocycles. The molecule has 1 saturated heterocycles. The van der Waals surface area contributed by atoms with Gasteiger partial charge in [0.2, 0.25) is 0 Å². The average molecular weight is 272 g/mol. The maximum Gasteiger partial charge on any atom is 0.320 e. The summed E-state index contributed by atoms with van der Waals surface area (Å²) in [4.78, 5) is 26.7. The van der Waals surface area contributed by atoms with Crippen LogP contribution >= 0.6 is 0 Å². The Kier molecular flexibility index (Phi) is 6.08. The van der Waals surface area contributed by atoms with Crippen LogP contribution in [0.15, 0.2) is 0 Å².